The number of hydrogen-bond acceptors (Lipinski definition) is 4. The van der Waals surface area contributed by atoms with E-state index in [0.717, 1.165) is 0 Å². The van der Waals surface area contributed by atoms with E-state index >= 15 is 0 Å². The summed E-state index contributed by atoms with van der Waals surface area (Å²) in [6, 6.07) is 5.01. The van der Waals surface area contributed by atoms with Crippen molar-refractivity contribution in [2.45, 2.75) is 20.0 Å². The van der Waals surface area contributed by atoms with Crippen LogP contribution < -0.4 is 4.74 Å². The van der Waals surface area contributed by atoms with Crippen LogP contribution in [0.15, 0.2) is 18.2 Å². The minimum atomic E-state index is -2.94. The maximum absolute atomic E-state index is 11.3. The van der Waals surface area contributed by atoms with Gasteiger partial charge in [-0.2, -0.15) is 0 Å². The molecule has 0 atom stereocenters. The summed E-state index contributed by atoms with van der Waals surface area (Å²) < 4.78 is 27.9. The van der Waals surface area contributed by atoms with Crippen LogP contribution in [0.5, 0.6) is 5.75 Å². The lowest BCUT2D eigenvalue weighted by molar-refractivity contribution is 0.281. The Kier molecular flexibility index (Phi) is 5.91. The first-order valence-electron chi connectivity index (χ1n) is 5.71. The Balaban J connectivity index is 2.45. The SMILES string of the molecule is CCS(=O)(=O)CCCOc1ccc(CO)cc1Cl. The molecule has 1 aromatic rings. The van der Waals surface area contributed by atoms with E-state index in [1.165, 1.54) is 0 Å². The fourth-order valence-electron chi connectivity index (χ4n) is 1.37. The van der Waals surface area contributed by atoms with Crippen molar-refractivity contribution in [1.29, 1.82) is 0 Å². The summed E-state index contributed by atoms with van der Waals surface area (Å²) in [7, 11) is -2.94. The summed E-state index contributed by atoms with van der Waals surface area (Å²) in [4.78, 5) is 0. The quantitative estimate of drug-likeness (QED) is 0.781. The lowest BCUT2D eigenvalue weighted by atomic mass is 10.2. The second-order valence-corrected chi connectivity index (χ2v) is 6.74. The predicted octanol–water partition coefficient (Wildman–Crippen LogP) is 2.04. The second-order valence-electron chi connectivity index (χ2n) is 3.86. The highest BCUT2D eigenvalue weighted by Crippen LogP contribution is 2.25. The molecule has 1 rings (SSSR count). The van der Waals surface area contributed by atoms with Gasteiger partial charge in [-0.25, -0.2) is 8.42 Å². The molecule has 0 amide bonds. The van der Waals surface area contributed by atoms with Gasteiger partial charge in [-0.1, -0.05) is 24.6 Å². The van der Waals surface area contributed by atoms with Crippen molar-refractivity contribution in [1.82, 2.24) is 0 Å². The van der Waals surface area contributed by atoms with E-state index in [1.807, 2.05) is 0 Å². The summed E-state index contributed by atoms with van der Waals surface area (Å²) >= 11 is 5.95. The molecule has 0 aliphatic heterocycles. The molecule has 102 valence electrons. The maximum atomic E-state index is 11.3. The molecule has 0 radical (unpaired) electrons. The lowest BCUT2D eigenvalue weighted by Gasteiger charge is -2.08. The van der Waals surface area contributed by atoms with Gasteiger partial charge in [0.05, 0.1) is 24.0 Å². The first-order chi connectivity index (χ1) is 8.48. The van der Waals surface area contributed by atoms with E-state index in [-0.39, 0.29) is 18.1 Å². The fraction of sp³-hybridized carbons (Fsp3) is 0.500. The van der Waals surface area contributed by atoms with Crippen LogP contribution in [0, 0.1) is 0 Å². The minimum absolute atomic E-state index is 0.0747. The van der Waals surface area contributed by atoms with E-state index < -0.39 is 9.84 Å². The van der Waals surface area contributed by atoms with Gasteiger partial charge in [0.2, 0.25) is 0 Å². The smallest absolute Gasteiger partial charge is 0.150 e. The van der Waals surface area contributed by atoms with E-state index in [0.29, 0.717) is 29.4 Å². The Hall–Kier alpha value is -0.780. The van der Waals surface area contributed by atoms with E-state index in [4.69, 9.17) is 21.4 Å². The number of benzene rings is 1. The minimum Gasteiger partial charge on any atom is -0.492 e. The molecule has 0 saturated heterocycles. The van der Waals surface area contributed by atoms with Crippen molar-refractivity contribution >= 4 is 21.4 Å². The zero-order chi connectivity index (χ0) is 13.6. The number of halogens is 1. The molecule has 0 saturated carbocycles. The van der Waals surface area contributed by atoms with Gasteiger partial charge in [0.15, 0.2) is 0 Å². The van der Waals surface area contributed by atoms with E-state index in [9.17, 15) is 8.42 Å². The van der Waals surface area contributed by atoms with E-state index in [2.05, 4.69) is 0 Å². The van der Waals surface area contributed by atoms with Crippen LogP contribution in [0.25, 0.3) is 0 Å². The van der Waals surface area contributed by atoms with Crippen LogP contribution in [0.3, 0.4) is 0 Å². The third-order valence-electron chi connectivity index (χ3n) is 2.48. The van der Waals surface area contributed by atoms with Crippen LogP contribution in [0.1, 0.15) is 18.9 Å². The van der Waals surface area contributed by atoms with Crippen molar-refractivity contribution in [3.63, 3.8) is 0 Å². The first kappa shape index (κ1) is 15.3. The topological polar surface area (TPSA) is 63.6 Å². The Bertz CT molecular complexity index is 485. The van der Waals surface area contributed by atoms with Crippen LogP contribution in [-0.4, -0.2) is 31.6 Å². The number of rotatable bonds is 7. The highest BCUT2D eigenvalue weighted by atomic mass is 35.5. The van der Waals surface area contributed by atoms with Gasteiger partial charge < -0.3 is 9.84 Å². The fourth-order valence-corrected chi connectivity index (χ4v) is 2.47. The Morgan fingerprint density at radius 3 is 2.67 bits per heavy atom. The Morgan fingerprint density at radius 2 is 2.11 bits per heavy atom. The van der Waals surface area contributed by atoms with Crippen molar-refractivity contribution in [3.05, 3.63) is 28.8 Å². The maximum Gasteiger partial charge on any atom is 0.150 e. The molecular formula is C12H17ClO4S. The molecule has 0 fully saturated rings. The average molecular weight is 293 g/mol. The monoisotopic (exact) mass is 292 g/mol. The molecule has 0 unspecified atom stereocenters. The van der Waals surface area contributed by atoms with Gasteiger partial charge in [0.25, 0.3) is 0 Å². The summed E-state index contributed by atoms with van der Waals surface area (Å²) in [6.07, 6.45) is 0.439. The summed E-state index contributed by atoms with van der Waals surface area (Å²) in [6.45, 7) is 1.85. The molecule has 18 heavy (non-hydrogen) atoms. The van der Waals surface area contributed by atoms with Crippen LogP contribution in [0.2, 0.25) is 5.02 Å². The van der Waals surface area contributed by atoms with Crippen LogP contribution in [0.4, 0.5) is 0 Å². The largest absolute Gasteiger partial charge is 0.492 e. The second kappa shape index (κ2) is 6.97. The normalized spacial score (nSPS) is 11.5. The number of aliphatic hydroxyl groups is 1. The van der Waals surface area contributed by atoms with Gasteiger partial charge in [-0.05, 0) is 24.1 Å². The van der Waals surface area contributed by atoms with Gasteiger partial charge in [-0.3, -0.25) is 0 Å². The molecular weight excluding hydrogens is 276 g/mol. The zero-order valence-electron chi connectivity index (χ0n) is 10.2. The van der Waals surface area contributed by atoms with Crippen molar-refractivity contribution < 1.29 is 18.3 Å². The van der Waals surface area contributed by atoms with Gasteiger partial charge in [-0.15, -0.1) is 0 Å². The predicted molar refractivity (Wildman–Crippen MR) is 71.8 cm³/mol. The number of aliphatic hydroxyl groups excluding tert-OH is 1. The molecule has 0 aromatic heterocycles. The number of ether oxygens (including phenoxy) is 1. The number of sulfone groups is 1. The lowest BCUT2D eigenvalue weighted by Crippen LogP contribution is -2.11. The molecule has 1 aromatic carbocycles. The van der Waals surface area contributed by atoms with E-state index in [1.54, 1.807) is 25.1 Å². The standard InChI is InChI=1S/C12H17ClO4S/c1-2-18(15,16)7-3-6-17-12-5-4-10(9-14)8-11(12)13/h4-5,8,14H,2-3,6-7,9H2,1H3. The highest BCUT2D eigenvalue weighted by Gasteiger charge is 2.07. The summed E-state index contributed by atoms with van der Waals surface area (Å²) in [5.41, 5.74) is 0.709. The Morgan fingerprint density at radius 1 is 1.39 bits per heavy atom. The molecule has 4 nitrogen and oxygen atoms in total. The van der Waals surface area contributed by atoms with Crippen molar-refractivity contribution in [2.24, 2.45) is 0 Å². The van der Waals surface area contributed by atoms with Crippen LogP contribution >= 0.6 is 11.6 Å². The third-order valence-corrected chi connectivity index (χ3v) is 4.56. The van der Waals surface area contributed by atoms with Gasteiger partial charge >= 0.3 is 0 Å². The molecule has 1 N–H and O–H groups in total. The molecule has 0 spiro atoms. The van der Waals surface area contributed by atoms with Crippen molar-refractivity contribution in [2.75, 3.05) is 18.1 Å². The Labute approximate surface area is 112 Å². The number of hydrogen-bond donors (Lipinski definition) is 1. The molecule has 0 aliphatic carbocycles. The van der Waals surface area contributed by atoms with Gasteiger partial charge in [0.1, 0.15) is 15.6 Å². The summed E-state index contributed by atoms with van der Waals surface area (Å²) in [5.74, 6) is 0.775. The molecule has 0 bridgehead atoms. The zero-order valence-corrected chi connectivity index (χ0v) is 11.8. The van der Waals surface area contributed by atoms with Crippen LogP contribution in [-0.2, 0) is 16.4 Å². The van der Waals surface area contributed by atoms with Crippen molar-refractivity contribution in [3.8, 4) is 5.75 Å². The van der Waals surface area contributed by atoms with Gasteiger partial charge in [0, 0.05) is 5.75 Å². The highest BCUT2D eigenvalue weighted by molar-refractivity contribution is 7.91. The summed E-state index contributed by atoms with van der Waals surface area (Å²) in [5, 5.41) is 9.33. The molecule has 0 heterocycles. The average Bonchev–Trinajstić information content (AvgIpc) is 2.36. The third kappa shape index (κ3) is 4.84. The first-order valence-corrected chi connectivity index (χ1v) is 7.91. The molecule has 0 aliphatic rings. The molecule has 6 heteroatoms.